The van der Waals surface area contributed by atoms with E-state index in [1.165, 1.54) is 7.11 Å². The number of hydrogen-bond acceptors (Lipinski definition) is 5. The van der Waals surface area contributed by atoms with Crippen LogP contribution < -0.4 is 4.72 Å². The summed E-state index contributed by atoms with van der Waals surface area (Å²) in [5.74, 6) is -0.510. The second-order valence-electron chi connectivity index (χ2n) is 4.09. The van der Waals surface area contributed by atoms with E-state index in [-0.39, 0.29) is 25.1 Å². The van der Waals surface area contributed by atoms with Crippen molar-refractivity contribution in [3.05, 3.63) is 29.6 Å². The molecule has 0 fully saturated rings. The lowest BCUT2D eigenvalue weighted by Gasteiger charge is -2.06. The zero-order valence-corrected chi connectivity index (χ0v) is 11.9. The van der Waals surface area contributed by atoms with Gasteiger partial charge >= 0.3 is 5.97 Å². The van der Waals surface area contributed by atoms with Crippen LogP contribution in [-0.4, -0.2) is 32.2 Å². The number of esters is 1. The number of nitrogens with zero attached hydrogens (tertiary/aromatic N) is 1. The number of carbonyl (C=O) groups excluding carboxylic acids is 1. The standard InChI is InChI=1S/C12H18N2O4S/c1-10-5-3-6-11(14-10)9-13-19(16,17)8-4-7-12(15)18-2/h3,5-6,13H,4,7-9H2,1-2H3. The van der Waals surface area contributed by atoms with Gasteiger partial charge in [-0.15, -0.1) is 0 Å². The molecule has 6 nitrogen and oxygen atoms in total. The molecule has 0 saturated heterocycles. The van der Waals surface area contributed by atoms with E-state index >= 15 is 0 Å². The lowest BCUT2D eigenvalue weighted by atomic mass is 10.3. The van der Waals surface area contributed by atoms with E-state index in [2.05, 4.69) is 14.4 Å². The Morgan fingerprint density at radius 2 is 2.16 bits per heavy atom. The Balaban J connectivity index is 2.40. The molecule has 1 N–H and O–H groups in total. The Morgan fingerprint density at radius 3 is 2.79 bits per heavy atom. The van der Waals surface area contributed by atoms with Gasteiger partial charge in [-0.3, -0.25) is 9.78 Å². The summed E-state index contributed by atoms with van der Waals surface area (Å²) >= 11 is 0. The second-order valence-corrected chi connectivity index (χ2v) is 6.02. The lowest BCUT2D eigenvalue weighted by molar-refractivity contribution is -0.140. The van der Waals surface area contributed by atoms with E-state index in [9.17, 15) is 13.2 Å². The Labute approximate surface area is 113 Å². The molecule has 19 heavy (non-hydrogen) atoms. The molecule has 0 spiro atoms. The average molecular weight is 286 g/mol. The molecule has 0 saturated carbocycles. The SMILES string of the molecule is COC(=O)CCCS(=O)(=O)NCc1cccc(C)n1. The summed E-state index contributed by atoms with van der Waals surface area (Å²) in [5, 5.41) is 0. The topological polar surface area (TPSA) is 85.4 Å². The van der Waals surface area contributed by atoms with Crippen LogP contribution >= 0.6 is 0 Å². The molecule has 0 bridgehead atoms. The third kappa shape index (κ3) is 6.30. The fraction of sp³-hybridized carbons (Fsp3) is 0.500. The highest BCUT2D eigenvalue weighted by Gasteiger charge is 2.11. The molecule has 0 aliphatic carbocycles. The normalized spacial score (nSPS) is 11.3. The zero-order valence-electron chi connectivity index (χ0n) is 11.0. The van der Waals surface area contributed by atoms with Gasteiger partial charge in [0.05, 0.1) is 25.1 Å². The van der Waals surface area contributed by atoms with Crippen LogP contribution in [0.5, 0.6) is 0 Å². The Bertz CT molecular complexity index is 528. The van der Waals surface area contributed by atoms with Gasteiger partial charge in [-0.05, 0) is 25.5 Å². The summed E-state index contributed by atoms with van der Waals surface area (Å²) in [7, 11) is -2.12. The Morgan fingerprint density at radius 1 is 1.42 bits per heavy atom. The maximum Gasteiger partial charge on any atom is 0.305 e. The molecule has 1 aromatic heterocycles. The van der Waals surface area contributed by atoms with Crippen LogP contribution in [-0.2, 0) is 26.1 Å². The van der Waals surface area contributed by atoms with Crippen molar-refractivity contribution in [2.45, 2.75) is 26.3 Å². The van der Waals surface area contributed by atoms with Crippen LogP contribution in [0, 0.1) is 6.92 Å². The van der Waals surface area contributed by atoms with Crippen LogP contribution in [0.1, 0.15) is 24.2 Å². The fourth-order valence-corrected chi connectivity index (χ4v) is 2.50. The van der Waals surface area contributed by atoms with Gasteiger partial charge in [-0.2, -0.15) is 0 Å². The number of methoxy groups -OCH3 is 1. The highest BCUT2D eigenvalue weighted by molar-refractivity contribution is 7.89. The highest BCUT2D eigenvalue weighted by atomic mass is 32.2. The van der Waals surface area contributed by atoms with Crippen molar-refractivity contribution < 1.29 is 17.9 Å². The molecule has 1 rings (SSSR count). The van der Waals surface area contributed by atoms with Crippen molar-refractivity contribution in [3.8, 4) is 0 Å². The third-order valence-corrected chi connectivity index (χ3v) is 3.85. The van der Waals surface area contributed by atoms with Gasteiger partial charge in [0.15, 0.2) is 0 Å². The third-order valence-electron chi connectivity index (χ3n) is 2.44. The van der Waals surface area contributed by atoms with E-state index < -0.39 is 16.0 Å². The highest BCUT2D eigenvalue weighted by Crippen LogP contribution is 2.00. The number of rotatable bonds is 7. The van der Waals surface area contributed by atoms with Crippen molar-refractivity contribution in [3.63, 3.8) is 0 Å². The van der Waals surface area contributed by atoms with Gasteiger partial charge in [-0.1, -0.05) is 6.07 Å². The predicted octanol–water partition coefficient (Wildman–Crippen LogP) is 0.763. The first-order chi connectivity index (χ1) is 8.93. The lowest BCUT2D eigenvalue weighted by Crippen LogP contribution is -2.26. The van der Waals surface area contributed by atoms with Crippen molar-refractivity contribution >= 4 is 16.0 Å². The maximum atomic E-state index is 11.7. The first-order valence-corrected chi connectivity index (χ1v) is 7.55. The summed E-state index contributed by atoms with van der Waals surface area (Å²) in [5.41, 5.74) is 1.50. The summed E-state index contributed by atoms with van der Waals surface area (Å²) in [6, 6.07) is 5.42. The van der Waals surface area contributed by atoms with Crippen LogP contribution in [0.3, 0.4) is 0 Å². The molecule has 0 unspecified atom stereocenters. The number of carbonyl (C=O) groups is 1. The quantitative estimate of drug-likeness (QED) is 0.748. The molecule has 1 aromatic rings. The molecule has 7 heteroatoms. The minimum Gasteiger partial charge on any atom is -0.469 e. The summed E-state index contributed by atoms with van der Waals surface area (Å²) in [4.78, 5) is 15.1. The van der Waals surface area contributed by atoms with Gasteiger partial charge in [0, 0.05) is 12.1 Å². The predicted molar refractivity (Wildman–Crippen MR) is 70.9 cm³/mol. The minimum atomic E-state index is -3.39. The van der Waals surface area contributed by atoms with E-state index in [0.717, 1.165) is 5.69 Å². The number of hydrogen-bond donors (Lipinski definition) is 1. The summed E-state index contributed by atoms with van der Waals surface area (Å²) < 4.78 is 30.2. The zero-order chi connectivity index (χ0) is 14.3. The van der Waals surface area contributed by atoms with Crippen molar-refractivity contribution in [2.24, 2.45) is 0 Å². The van der Waals surface area contributed by atoms with E-state index in [1.54, 1.807) is 6.07 Å². The van der Waals surface area contributed by atoms with Gasteiger partial charge in [-0.25, -0.2) is 13.1 Å². The number of pyridine rings is 1. The minimum absolute atomic E-state index is 0.0973. The van der Waals surface area contributed by atoms with Crippen LogP contribution in [0.15, 0.2) is 18.2 Å². The molecule has 0 aliphatic heterocycles. The van der Waals surface area contributed by atoms with Gasteiger partial charge < -0.3 is 4.74 Å². The van der Waals surface area contributed by atoms with Gasteiger partial charge in [0.2, 0.25) is 10.0 Å². The van der Waals surface area contributed by atoms with Crippen LogP contribution in [0.2, 0.25) is 0 Å². The van der Waals surface area contributed by atoms with E-state index in [0.29, 0.717) is 5.69 Å². The molecule has 0 atom stereocenters. The summed E-state index contributed by atoms with van der Waals surface area (Å²) in [6.07, 6.45) is 0.337. The summed E-state index contributed by atoms with van der Waals surface area (Å²) in [6.45, 7) is 2.00. The average Bonchev–Trinajstić information content (AvgIpc) is 2.36. The number of aryl methyl sites for hydroxylation is 1. The van der Waals surface area contributed by atoms with Gasteiger partial charge in [0.1, 0.15) is 0 Å². The molecule has 0 radical (unpaired) electrons. The monoisotopic (exact) mass is 286 g/mol. The molecular weight excluding hydrogens is 268 g/mol. The fourth-order valence-electron chi connectivity index (χ4n) is 1.46. The van der Waals surface area contributed by atoms with E-state index in [1.807, 2.05) is 19.1 Å². The molecule has 1 heterocycles. The smallest absolute Gasteiger partial charge is 0.305 e. The first kappa shape index (κ1) is 15.6. The molecule has 0 aromatic carbocycles. The first-order valence-electron chi connectivity index (χ1n) is 5.89. The van der Waals surface area contributed by atoms with Crippen LogP contribution in [0.4, 0.5) is 0 Å². The van der Waals surface area contributed by atoms with Crippen molar-refractivity contribution in [1.82, 2.24) is 9.71 Å². The Hall–Kier alpha value is -1.47. The number of sulfonamides is 1. The second kappa shape index (κ2) is 7.20. The number of nitrogens with one attached hydrogen (secondary N) is 1. The molecule has 106 valence electrons. The molecular formula is C12H18N2O4S. The Kier molecular flexibility index (Phi) is 5.91. The number of ether oxygens (including phenoxy) is 1. The van der Waals surface area contributed by atoms with Crippen molar-refractivity contribution in [2.75, 3.05) is 12.9 Å². The van der Waals surface area contributed by atoms with E-state index in [4.69, 9.17) is 0 Å². The molecule has 0 aliphatic rings. The molecule has 0 amide bonds. The van der Waals surface area contributed by atoms with Gasteiger partial charge in [0.25, 0.3) is 0 Å². The largest absolute Gasteiger partial charge is 0.469 e. The van der Waals surface area contributed by atoms with Crippen LogP contribution in [0.25, 0.3) is 0 Å². The maximum absolute atomic E-state index is 11.7. The number of aromatic nitrogens is 1. The van der Waals surface area contributed by atoms with Crippen molar-refractivity contribution in [1.29, 1.82) is 0 Å².